The summed E-state index contributed by atoms with van der Waals surface area (Å²) in [5.74, 6) is -0.0267. The third-order valence-electron chi connectivity index (χ3n) is 3.75. The van der Waals surface area contributed by atoms with Crippen LogP contribution in [0, 0.1) is 0 Å². The molecule has 0 saturated carbocycles. The lowest BCUT2D eigenvalue weighted by atomic mass is 10.1. The summed E-state index contributed by atoms with van der Waals surface area (Å²) in [4.78, 5) is 33.3. The molecule has 1 saturated heterocycles. The number of azo groups is 1. The van der Waals surface area contributed by atoms with Crippen molar-refractivity contribution in [1.29, 1.82) is 0 Å². The van der Waals surface area contributed by atoms with Crippen LogP contribution < -0.4 is 9.47 Å². The predicted molar refractivity (Wildman–Crippen MR) is 81.6 cm³/mol. The lowest BCUT2D eigenvalue weighted by Crippen LogP contribution is -2.47. The maximum Gasteiger partial charge on any atom is 0.287 e. The lowest BCUT2D eigenvalue weighted by Gasteiger charge is -2.33. The van der Waals surface area contributed by atoms with Gasteiger partial charge in [-0.2, -0.15) is 5.11 Å². The van der Waals surface area contributed by atoms with Gasteiger partial charge in [-0.05, 0) is 18.9 Å². The number of amides is 2. The molecule has 2 atom stereocenters. The van der Waals surface area contributed by atoms with Crippen molar-refractivity contribution in [1.82, 2.24) is 14.9 Å². The average molecular weight is 331 g/mol. The minimum Gasteiger partial charge on any atom is -0.477 e. The molecular formula is C15H17N5O4. The summed E-state index contributed by atoms with van der Waals surface area (Å²) in [6.07, 6.45) is 7.15. The van der Waals surface area contributed by atoms with Crippen LogP contribution >= 0.6 is 0 Å². The normalized spacial score (nSPS) is 23.2. The monoisotopic (exact) mass is 331 g/mol. The molecule has 0 N–H and O–H groups in total. The fourth-order valence-electron chi connectivity index (χ4n) is 2.61. The van der Waals surface area contributed by atoms with Gasteiger partial charge in [-0.15, -0.1) is 5.11 Å². The Kier molecular flexibility index (Phi) is 4.78. The van der Waals surface area contributed by atoms with Gasteiger partial charge in [0.05, 0.1) is 13.7 Å². The molecule has 1 fully saturated rings. The molecule has 2 unspecified atom stereocenters. The molecule has 3 heterocycles. The van der Waals surface area contributed by atoms with Crippen LogP contribution in [0.2, 0.25) is 0 Å². The lowest BCUT2D eigenvalue weighted by molar-refractivity contribution is -0.134. The number of hydrogen-bond donors (Lipinski definition) is 0. The third kappa shape index (κ3) is 3.55. The molecule has 1 aromatic rings. The fraction of sp³-hybridized carbons (Fsp3) is 0.467. The molecule has 24 heavy (non-hydrogen) atoms. The van der Waals surface area contributed by atoms with Crippen LogP contribution in [0.1, 0.15) is 12.8 Å². The molecule has 0 radical (unpaired) electrons. The molecule has 2 aliphatic rings. The summed E-state index contributed by atoms with van der Waals surface area (Å²) >= 11 is 0. The zero-order valence-corrected chi connectivity index (χ0v) is 13.2. The van der Waals surface area contributed by atoms with Crippen LogP contribution in [0.25, 0.3) is 0 Å². The predicted octanol–water partition coefficient (Wildman–Crippen LogP) is 0.772. The number of piperidine rings is 1. The van der Waals surface area contributed by atoms with Gasteiger partial charge in [0.1, 0.15) is 6.10 Å². The number of ether oxygens (including phenoxy) is 2. The minimum absolute atomic E-state index is 0.193. The fourth-order valence-corrected chi connectivity index (χ4v) is 2.61. The van der Waals surface area contributed by atoms with E-state index in [0.717, 1.165) is 12.8 Å². The van der Waals surface area contributed by atoms with Crippen molar-refractivity contribution < 1.29 is 19.1 Å². The van der Waals surface area contributed by atoms with Crippen LogP contribution in [0.5, 0.6) is 11.8 Å². The van der Waals surface area contributed by atoms with Crippen LogP contribution in [-0.2, 0) is 9.59 Å². The molecule has 0 aliphatic carbocycles. The summed E-state index contributed by atoms with van der Waals surface area (Å²) < 4.78 is 11.0. The number of hydrogen-bond acceptors (Lipinski definition) is 7. The maximum absolute atomic E-state index is 12.5. The van der Waals surface area contributed by atoms with E-state index in [9.17, 15) is 9.59 Å². The summed E-state index contributed by atoms with van der Waals surface area (Å²) in [5.41, 5.74) is 0. The van der Waals surface area contributed by atoms with Gasteiger partial charge in [0.25, 0.3) is 23.6 Å². The van der Waals surface area contributed by atoms with Crippen molar-refractivity contribution in [2.75, 3.05) is 20.2 Å². The van der Waals surface area contributed by atoms with Gasteiger partial charge in [-0.25, -0.2) is 9.97 Å². The average Bonchev–Trinajstić information content (AvgIpc) is 2.62. The molecule has 1 aromatic heterocycles. The summed E-state index contributed by atoms with van der Waals surface area (Å²) in [6, 6.07) is -0.743. The van der Waals surface area contributed by atoms with E-state index in [0.29, 0.717) is 24.8 Å². The van der Waals surface area contributed by atoms with Crippen molar-refractivity contribution in [2.45, 2.75) is 25.0 Å². The first kappa shape index (κ1) is 16.0. The highest BCUT2D eigenvalue weighted by atomic mass is 16.5. The van der Waals surface area contributed by atoms with E-state index in [-0.39, 0.29) is 12.0 Å². The molecule has 126 valence electrons. The first-order valence-corrected chi connectivity index (χ1v) is 7.61. The molecule has 0 bridgehead atoms. The first-order valence-electron chi connectivity index (χ1n) is 7.61. The quantitative estimate of drug-likeness (QED) is 0.807. The Morgan fingerprint density at radius 3 is 2.79 bits per heavy atom. The van der Waals surface area contributed by atoms with Crippen molar-refractivity contribution >= 4 is 11.8 Å². The second kappa shape index (κ2) is 7.16. The first-order chi connectivity index (χ1) is 11.7. The Labute approximate surface area is 138 Å². The van der Waals surface area contributed by atoms with Crippen LogP contribution in [0.15, 0.2) is 34.8 Å². The van der Waals surface area contributed by atoms with Gasteiger partial charge in [-0.3, -0.25) is 9.59 Å². The molecule has 0 spiro atoms. The number of likely N-dealkylation sites (tertiary alicyclic amines) is 1. The smallest absolute Gasteiger partial charge is 0.287 e. The van der Waals surface area contributed by atoms with Crippen LogP contribution in [0.3, 0.4) is 0 Å². The minimum atomic E-state index is -0.743. The largest absolute Gasteiger partial charge is 0.477 e. The highest BCUT2D eigenvalue weighted by Gasteiger charge is 2.30. The Balaban J connectivity index is 1.64. The van der Waals surface area contributed by atoms with Crippen LogP contribution in [-0.4, -0.2) is 59.0 Å². The summed E-state index contributed by atoms with van der Waals surface area (Å²) in [6.45, 7) is 1.02. The Hall–Kier alpha value is -2.84. The van der Waals surface area contributed by atoms with Gasteiger partial charge in [0.15, 0.2) is 6.04 Å². The van der Waals surface area contributed by atoms with Gasteiger partial charge in [-0.1, -0.05) is 0 Å². The van der Waals surface area contributed by atoms with Gasteiger partial charge in [0, 0.05) is 25.0 Å². The van der Waals surface area contributed by atoms with Crippen LogP contribution in [0.4, 0.5) is 0 Å². The molecule has 9 heteroatoms. The van der Waals surface area contributed by atoms with E-state index in [4.69, 9.17) is 9.47 Å². The maximum atomic E-state index is 12.5. The Morgan fingerprint density at radius 1 is 1.29 bits per heavy atom. The number of methoxy groups -OCH3 is 1. The van der Waals surface area contributed by atoms with Crippen molar-refractivity contribution in [3.63, 3.8) is 0 Å². The zero-order valence-electron chi connectivity index (χ0n) is 13.2. The number of rotatable bonds is 4. The Morgan fingerprint density at radius 2 is 2.08 bits per heavy atom. The topological polar surface area (TPSA) is 106 Å². The number of aromatic nitrogens is 2. The highest BCUT2D eigenvalue weighted by Crippen LogP contribution is 2.24. The SMILES string of the molecule is COc1nccnc1OC1CCCN(C(=O)C2C=CC(=O)N=N2)C1. The second-order valence-electron chi connectivity index (χ2n) is 5.39. The molecule has 2 amide bonds. The molecule has 3 rings (SSSR count). The highest BCUT2D eigenvalue weighted by molar-refractivity contribution is 5.92. The van der Waals surface area contributed by atoms with Crippen molar-refractivity contribution in [3.05, 3.63) is 24.5 Å². The van der Waals surface area contributed by atoms with Gasteiger partial charge in [0.2, 0.25) is 0 Å². The number of nitrogens with zero attached hydrogens (tertiary/aromatic N) is 5. The van der Waals surface area contributed by atoms with E-state index in [1.807, 2.05) is 0 Å². The van der Waals surface area contributed by atoms with E-state index in [2.05, 4.69) is 20.2 Å². The third-order valence-corrected chi connectivity index (χ3v) is 3.75. The zero-order chi connectivity index (χ0) is 16.9. The van der Waals surface area contributed by atoms with E-state index in [1.54, 1.807) is 4.90 Å². The van der Waals surface area contributed by atoms with Gasteiger partial charge >= 0.3 is 0 Å². The molecular weight excluding hydrogens is 314 g/mol. The van der Waals surface area contributed by atoms with Crippen molar-refractivity contribution in [2.24, 2.45) is 10.2 Å². The van der Waals surface area contributed by atoms with E-state index < -0.39 is 11.9 Å². The van der Waals surface area contributed by atoms with E-state index in [1.165, 1.54) is 31.7 Å². The van der Waals surface area contributed by atoms with Gasteiger partial charge < -0.3 is 14.4 Å². The molecule has 9 nitrogen and oxygen atoms in total. The standard InChI is InChI=1S/C15H17N5O4/c1-23-13-14(17-7-6-16-13)24-10-3-2-8-20(9-10)15(22)11-4-5-12(21)19-18-11/h4-7,10-11H,2-3,8-9H2,1H3. The summed E-state index contributed by atoms with van der Waals surface area (Å²) in [5, 5.41) is 7.16. The summed E-state index contributed by atoms with van der Waals surface area (Å²) in [7, 11) is 1.50. The number of carbonyl (C=O) groups is 2. The molecule has 2 aliphatic heterocycles. The number of carbonyl (C=O) groups excluding carboxylic acids is 2. The second-order valence-corrected chi connectivity index (χ2v) is 5.39. The Bertz CT molecular complexity index is 674. The van der Waals surface area contributed by atoms with Crippen molar-refractivity contribution in [3.8, 4) is 11.8 Å². The molecule has 0 aromatic carbocycles. The van der Waals surface area contributed by atoms with E-state index >= 15 is 0 Å².